The molecule has 2 aromatic rings. The molecule has 2 heteroatoms. The van der Waals surface area contributed by atoms with Crippen molar-refractivity contribution in [3.8, 4) is 0 Å². The highest BCUT2D eigenvalue weighted by molar-refractivity contribution is 5.88. The molecule has 0 aliphatic heterocycles. The Balaban J connectivity index is 0.00000144. The van der Waals surface area contributed by atoms with Gasteiger partial charge >= 0.3 is 0 Å². The molecule has 2 aromatic carbocycles. The summed E-state index contributed by atoms with van der Waals surface area (Å²) < 4.78 is 0. The van der Waals surface area contributed by atoms with E-state index in [2.05, 4.69) is 49.9 Å². The normalized spacial score (nSPS) is 11.9. The van der Waals surface area contributed by atoms with Crippen LogP contribution in [0.1, 0.15) is 23.6 Å². The number of aryl methyl sites for hydroxylation is 1. The van der Waals surface area contributed by atoms with Crippen LogP contribution in [-0.2, 0) is 0 Å². The summed E-state index contributed by atoms with van der Waals surface area (Å²) in [7, 11) is 0. The molecule has 0 heterocycles. The molecular weight excluding hydrogens is 230 g/mol. The minimum absolute atomic E-state index is 0. The molecule has 0 spiro atoms. The van der Waals surface area contributed by atoms with Crippen LogP contribution < -0.4 is 5.73 Å². The van der Waals surface area contributed by atoms with E-state index in [0.29, 0.717) is 0 Å². The van der Waals surface area contributed by atoms with Crippen LogP contribution in [-0.4, -0.2) is 0 Å². The highest BCUT2D eigenvalue weighted by Gasteiger charge is 2.08. The molecule has 0 bridgehead atoms. The topological polar surface area (TPSA) is 26.0 Å². The smallest absolute Gasteiger partial charge is 0.0335 e. The fraction of sp³-hybridized carbons (Fsp3) is 0.200. The van der Waals surface area contributed by atoms with Gasteiger partial charge in [-0.25, -0.2) is 0 Å². The standard InChI is InChI=1S/C15H17N.ClH/c1-3-6-15(16)14-10-9-11(2)12-7-4-5-8-13(12)14;/h3-5,7-10,15H,1,6,16H2,2H3;1H/t15-;/m1./s1. The Labute approximate surface area is 109 Å². The number of nitrogens with two attached hydrogens (primary N) is 1. The summed E-state index contributed by atoms with van der Waals surface area (Å²) in [6.45, 7) is 5.87. The second kappa shape index (κ2) is 5.85. The van der Waals surface area contributed by atoms with Gasteiger partial charge in [0, 0.05) is 6.04 Å². The van der Waals surface area contributed by atoms with Gasteiger partial charge in [-0.05, 0) is 35.2 Å². The molecule has 0 radical (unpaired) electrons. The molecule has 0 amide bonds. The van der Waals surface area contributed by atoms with Gasteiger partial charge in [-0.3, -0.25) is 0 Å². The molecule has 1 nitrogen and oxygen atoms in total. The van der Waals surface area contributed by atoms with Crippen LogP contribution in [0.2, 0.25) is 0 Å². The van der Waals surface area contributed by atoms with Crippen LogP contribution in [0.5, 0.6) is 0 Å². The van der Waals surface area contributed by atoms with Gasteiger partial charge in [-0.2, -0.15) is 0 Å². The van der Waals surface area contributed by atoms with E-state index in [9.17, 15) is 0 Å². The van der Waals surface area contributed by atoms with Gasteiger partial charge in [0.1, 0.15) is 0 Å². The quantitative estimate of drug-likeness (QED) is 0.811. The Morgan fingerprint density at radius 1 is 1.18 bits per heavy atom. The number of rotatable bonds is 3. The fourth-order valence-electron chi connectivity index (χ4n) is 2.10. The van der Waals surface area contributed by atoms with Crippen LogP contribution in [0, 0.1) is 6.92 Å². The first kappa shape index (κ1) is 13.8. The van der Waals surface area contributed by atoms with E-state index in [4.69, 9.17) is 5.73 Å². The van der Waals surface area contributed by atoms with E-state index in [1.807, 2.05) is 6.08 Å². The second-order valence-corrected chi connectivity index (χ2v) is 4.15. The van der Waals surface area contributed by atoms with Crippen LogP contribution in [0.15, 0.2) is 49.1 Å². The molecule has 1 atom stereocenters. The Hall–Kier alpha value is -1.31. The Kier molecular flexibility index (Phi) is 4.73. The summed E-state index contributed by atoms with van der Waals surface area (Å²) in [5.41, 5.74) is 8.66. The SMILES string of the molecule is C=CC[C@@H](N)c1ccc(C)c2ccccc12.Cl. The van der Waals surface area contributed by atoms with Gasteiger partial charge in [0.05, 0.1) is 0 Å². The number of halogens is 1. The monoisotopic (exact) mass is 247 g/mol. The van der Waals surface area contributed by atoms with Crippen molar-refractivity contribution >= 4 is 23.2 Å². The third-order valence-electron chi connectivity index (χ3n) is 3.00. The third-order valence-corrected chi connectivity index (χ3v) is 3.00. The van der Waals surface area contributed by atoms with E-state index >= 15 is 0 Å². The molecule has 0 saturated carbocycles. The molecular formula is C15H18ClN. The first-order valence-electron chi connectivity index (χ1n) is 5.58. The highest BCUT2D eigenvalue weighted by Crippen LogP contribution is 2.27. The molecule has 0 aromatic heterocycles. The zero-order chi connectivity index (χ0) is 11.5. The number of hydrogen-bond acceptors (Lipinski definition) is 1. The van der Waals surface area contributed by atoms with E-state index in [1.54, 1.807) is 0 Å². The largest absolute Gasteiger partial charge is 0.324 e. The zero-order valence-electron chi connectivity index (χ0n) is 10.0. The molecule has 0 unspecified atom stereocenters. The lowest BCUT2D eigenvalue weighted by molar-refractivity contribution is 0.748. The van der Waals surface area contributed by atoms with Crippen molar-refractivity contribution < 1.29 is 0 Å². The van der Waals surface area contributed by atoms with E-state index in [1.165, 1.54) is 21.9 Å². The molecule has 0 saturated heterocycles. The van der Waals surface area contributed by atoms with Crippen LogP contribution in [0.25, 0.3) is 10.8 Å². The first-order valence-corrected chi connectivity index (χ1v) is 5.58. The lowest BCUT2D eigenvalue weighted by atomic mass is 9.95. The molecule has 2 N–H and O–H groups in total. The van der Waals surface area contributed by atoms with Gasteiger partial charge in [0.2, 0.25) is 0 Å². The van der Waals surface area contributed by atoms with E-state index in [0.717, 1.165) is 6.42 Å². The van der Waals surface area contributed by atoms with Crippen molar-refractivity contribution in [2.75, 3.05) is 0 Å². The summed E-state index contributed by atoms with van der Waals surface area (Å²) >= 11 is 0. The Morgan fingerprint density at radius 3 is 2.47 bits per heavy atom. The van der Waals surface area contributed by atoms with Crippen molar-refractivity contribution in [2.24, 2.45) is 5.73 Å². The van der Waals surface area contributed by atoms with Crippen LogP contribution in [0.4, 0.5) is 0 Å². The van der Waals surface area contributed by atoms with Crippen molar-refractivity contribution in [3.63, 3.8) is 0 Å². The lowest BCUT2D eigenvalue weighted by Gasteiger charge is -2.14. The maximum Gasteiger partial charge on any atom is 0.0335 e. The number of hydrogen-bond donors (Lipinski definition) is 1. The fourth-order valence-corrected chi connectivity index (χ4v) is 2.10. The minimum Gasteiger partial charge on any atom is -0.324 e. The molecule has 2 rings (SSSR count). The summed E-state index contributed by atoms with van der Waals surface area (Å²) in [6.07, 6.45) is 2.69. The van der Waals surface area contributed by atoms with Gasteiger partial charge < -0.3 is 5.73 Å². The highest BCUT2D eigenvalue weighted by atomic mass is 35.5. The summed E-state index contributed by atoms with van der Waals surface area (Å²) in [5, 5.41) is 2.55. The summed E-state index contributed by atoms with van der Waals surface area (Å²) in [5.74, 6) is 0. The molecule has 0 fully saturated rings. The summed E-state index contributed by atoms with van der Waals surface area (Å²) in [6, 6.07) is 12.7. The summed E-state index contributed by atoms with van der Waals surface area (Å²) in [4.78, 5) is 0. The van der Waals surface area contributed by atoms with Crippen molar-refractivity contribution in [3.05, 3.63) is 60.2 Å². The van der Waals surface area contributed by atoms with Crippen molar-refractivity contribution in [1.29, 1.82) is 0 Å². The lowest BCUT2D eigenvalue weighted by Crippen LogP contribution is -2.09. The predicted molar refractivity (Wildman–Crippen MR) is 77.7 cm³/mol. The molecule has 90 valence electrons. The van der Waals surface area contributed by atoms with Crippen molar-refractivity contribution in [1.82, 2.24) is 0 Å². The van der Waals surface area contributed by atoms with Gasteiger partial charge in [-0.1, -0.05) is 42.5 Å². The maximum atomic E-state index is 6.15. The number of fused-ring (bicyclic) bond motifs is 1. The maximum absolute atomic E-state index is 6.15. The van der Waals surface area contributed by atoms with Crippen molar-refractivity contribution in [2.45, 2.75) is 19.4 Å². The van der Waals surface area contributed by atoms with E-state index < -0.39 is 0 Å². The number of benzene rings is 2. The Morgan fingerprint density at radius 2 is 1.82 bits per heavy atom. The first-order chi connectivity index (χ1) is 7.74. The van der Waals surface area contributed by atoms with Gasteiger partial charge in [0.25, 0.3) is 0 Å². The van der Waals surface area contributed by atoms with Gasteiger partial charge in [-0.15, -0.1) is 19.0 Å². The zero-order valence-corrected chi connectivity index (χ0v) is 10.8. The average Bonchev–Trinajstić information content (AvgIpc) is 2.30. The predicted octanol–water partition coefficient (Wildman–Crippen LogP) is 4.15. The molecule has 0 aliphatic carbocycles. The Bertz CT molecular complexity index is 519. The second-order valence-electron chi connectivity index (χ2n) is 4.15. The molecule has 17 heavy (non-hydrogen) atoms. The van der Waals surface area contributed by atoms with Gasteiger partial charge in [0.15, 0.2) is 0 Å². The minimum atomic E-state index is 0. The third kappa shape index (κ3) is 2.68. The van der Waals surface area contributed by atoms with Crippen LogP contribution in [0.3, 0.4) is 0 Å². The van der Waals surface area contributed by atoms with Crippen LogP contribution >= 0.6 is 12.4 Å². The average molecular weight is 248 g/mol. The van der Waals surface area contributed by atoms with E-state index in [-0.39, 0.29) is 18.4 Å². The molecule has 0 aliphatic rings.